The average Bonchev–Trinajstić information content (AvgIpc) is 3.02. The molecule has 1 amide bonds. The summed E-state index contributed by atoms with van der Waals surface area (Å²) >= 11 is 0. The molecule has 3 heterocycles. The van der Waals surface area contributed by atoms with Crippen molar-refractivity contribution in [1.82, 2.24) is 20.1 Å². The van der Waals surface area contributed by atoms with E-state index in [4.69, 9.17) is 9.47 Å². The number of amides is 1. The minimum atomic E-state index is -0.215. The zero-order valence-corrected chi connectivity index (χ0v) is 13.1. The Morgan fingerprint density at radius 3 is 3.09 bits per heavy atom. The summed E-state index contributed by atoms with van der Waals surface area (Å²) in [4.78, 5) is 16.0. The number of nitrogens with zero attached hydrogens (tertiary/aromatic N) is 3. The molecule has 23 heavy (non-hydrogen) atoms. The Hall–Kier alpha value is -2.25. The Kier molecular flexibility index (Phi) is 4.99. The van der Waals surface area contributed by atoms with Crippen LogP contribution in [0.15, 0.2) is 30.7 Å². The van der Waals surface area contributed by atoms with E-state index in [1.54, 1.807) is 31.6 Å². The number of nitrogens with one attached hydrogen (secondary N) is 1. The molecule has 2 aromatic heterocycles. The van der Waals surface area contributed by atoms with Crippen LogP contribution in [0.3, 0.4) is 0 Å². The minimum absolute atomic E-state index is 0.137. The standard InChI is InChI=1S/C16H20N4O3/c1-22-9-7-20-11-13-4-8-23-14(15(13)19-20)10-18-16(21)12-2-5-17-6-3-12/h2-3,5-6,11,14H,4,7-10H2,1H3,(H,18,21)/t14-/m1/s1. The van der Waals surface area contributed by atoms with Crippen LogP contribution in [0, 0.1) is 0 Å². The van der Waals surface area contributed by atoms with Crippen molar-refractivity contribution in [2.24, 2.45) is 0 Å². The van der Waals surface area contributed by atoms with E-state index in [1.165, 1.54) is 5.56 Å². The largest absolute Gasteiger partial charge is 0.383 e. The fourth-order valence-electron chi connectivity index (χ4n) is 2.58. The third kappa shape index (κ3) is 3.75. The first-order valence-corrected chi connectivity index (χ1v) is 7.63. The molecular formula is C16H20N4O3. The molecule has 0 saturated carbocycles. The summed E-state index contributed by atoms with van der Waals surface area (Å²) in [6.07, 6.45) is 5.86. The predicted octanol–water partition coefficient (Wildman–Crippen LogP) is 0.968. The summed E-state index contributed by atoms with van der Waals surface area (Å²) in [6, 6.07) is 3.37. The molecule has 0 bridgehead atoms. The molecule has 0 fully saturated rings. The zero-order chi connectivity index (χ0) is 16.1. The molecule has 0 radical (unpaired) electrons. The third-order valence-corrected chi connectivity index (χ3v) is 3.78. The monoisotopic (exact) mass is 316 g/mol. The average molecular weight is 316 g/mol. The molecule has 122 valence electrons. The number of pyridine rings is 1. The molecule has 1 atom stereocenters. The maximum atomic E-state index is 12.1. The van der Waals surface area contributed by atoms with Crippen molar-refractivity contribution in [1.29, 1.82) is 0 Å². The van der Waals surface area contributed by atoms with Gasteiger partial charge in [0.15, 0.2) is 0 Å². The van der Waals surface area contributed by atoms with Gasteiger partial charge in [0.2, 0.25) is 0 Å². The van der Waals surface area contributed by atoms with Crippen molar-refractivity contribution in [2.75, 3.05) is 26.9 Å². The number of fused-ring (bicyclic) bond motifs is 1. The van der Waals surface area contributed by atoms with Crippen molar-refractivity contribution >= 4 is 5.91 Å². The van der Waals surface area contributed by atoms with Gasteiger partial charge in [0.05, 0.1) is 25.5 Å². The fraction of sp³-hybridized carbons (Fsp3) is 0.438. The quantitative estimate of drug-likeness (QED) is 0.859. The summed E-state index contributed by atoms with van der Waals surface area (Å²) < 4.78 is 12.7. The number of hydrogen-bond acceptors (Lipinski definition) is 5. The normalized spacial score (nSPS) is 16.8. The van der Waals surface area contributed by atoms with E-state index < -0.39 is 0 Å². The lowest BCUT2D eigenvalue weighted by Crippen LogP contribution is -2.31. The summed E-state index contributed by atoms with van der Waals surface area (Å²) in [6.45, 7) is 2.36. The second-order valence-corrected chi connectivity index (χ2v) is 5.35. The molecule has 0 aliphatic carbocycles. The first-order valence-electron chi connectivity index (χ1n) is 7.63. The summed E-state index contributed by atoms with van der Waals surface area (Å²) in [7, 11) is 1.67. The highest BCUT2D eigenvalue weighted by atomic mass is 16.5. The van der Waals surface area contributed by atoms with Gasteiger partial charge in [0.1, 0.15) is 6.10 Å². The topological polar surface area (TPSA) is 78.3 Å². The van der Waals surface area contributed by atoms with Crippen LogP contribution in [0.25, 0.3) is 0 Å². The molecule has 1 aliphatic rings. The van der Waals surface area contributed by atoms with Crippen LogP contribution in [0.1, 0.15) is 27.7 Å². The Morgan fingerprint density at radius 1 is 1.48 bits per heavy atom. The lowest BCUT2D eigenvalue weighted by molar-refractivity contribution is 0.0382. The van der Waals surface area contributed by atoms with Crippen LogP contribution in [-0.4, -0.2) is 47.5 Å². The van der Waals surface area contributed by atoms with E-state index in [9.17, 15) is 4.79 Å². The van der Waals surface area contributed by atoms with Gasteiger partial charge in [-0.05, 0) is 24.1 Å². The maximum Gasteiger partial charge on any atom is 0.251 e. The molecule has 1 N–H and O–H groups in total. The minimum Gasteiger partial charge on any atom is -0.383 e. The number of rotatable bonds is 6. The van der Waals surface area contributed by atoms with E-state index in [0.29, 0.717) is 31.9 Å². The number of carbonyl (C=O) groups is 1. The van der Waals surface area contributed by atoms with Gasteiger partial charge in [-0.3, -0.25) is 14.5 Å². The lowest BCUT2D eigenvalue weighted by Gasteiger charge is -2.22. The number of hydrogen-bond donors (Lipinski definition) is 1. The van der Waals surface area contributed by atoms with E-state index in [-0.39, 0.29) is 12.0 Å². The molecule has 0 spiro atoms. The highest BCUT2D eigenvalue weighted by Crippen LogP contribution is 2.25. The van der Waals surface area contributed by atoms with Gasteiger partial charge >= 0.3 is 0 Å². The van der Waals surface area contributed by atoms with Crippen molar-refractivity contribution in [3.8, 4) is 0 Å². The Morgan fingerprint density at radius 2 is 2.30 bits per heavy atom. The maximum absolute atomic E-state index is 12.1. The van der Waals surface area contributed by atoms with Crippen LogP contribution in [-0.2, 0) is 22.4 Å². The Balaban J connectivity index is 1.64. The smallest absolute Gasteiger partial charge is 0.251 e. The van der Waals surface area contributed by atoms with Crippen molar-refractivity contribution in [3.63, 3.8) is 0 Å². The van der Waals surface area contributed by atoms with Gasteiger partial charge < -0.3 is 14.8 Å². The molecule has 1 aliphatic heterocycles. The number of carbonyl (C=O) groups excluding carboxylic acids is 1. The van der Waals surface area contributed by atoms with Gasteiger partial charge in [-0.2, -0.15) is 5.10 Å². The van der Waals surface area contributed by atoms with Crippen LogP contribution in [0.2, 0.25) is 0 Å². The molecule has 7 nitrogen and oxygen atoms in total. The van der Waals surface area contributed by atoms with Gasteiger partial charge in [0, 0.05) is 37.8 Å². The molecule has 7 heteroatoms. The van der Waals surface area contributed by atoms with Crippen molar-refractivity contribution < 1.29 is 14.3 Å². The van der Waals surface area contributed by atoms with Gasteiger partial charge in [-0.15, -0.1) is 0 Å². The van der Waals surface area contributed by atoms with E-state index in [2.05, 4.69) is 15.4 Å². The van der Waals surface area contributed by atoms with E-state index in [1.807, 2.05) is 10.9 Å². The van der Waals surface area contributed by atoms with Gasteiger partial charge in [-0.25, -0.2) is 0 Å². The lowest BCUT2D eigenvalue weighted by atomic mass is 10.1. The summed E-state index contributed by atoms with van der Waals surface area (Å²) in [5.74, 6) is -0.137. The Labute approximate surface area is 134 Å². The second-order valence-electron chi connectivity index (χ2n) is 5.35. The fourth-order valence-corrected chi connectivity index (χ4v) is 2.58. The molecule has 0 unspecified atom stereocenters. The first-order chi connectivity index (χ1) is 11.3. The van der Waals surface area contributed by atoms with E-state index in [0.717, 1.165) is 12.1 Å². The van der Waals surface area contributed by atoms with Crippen LogP contribution in [0.5, 0.6) is 0 Å². The number of methoxy groups -OCH3 is 1. The van der Waals surface area contributed by atoms with Crippen LogP contribution in [0.4, 0.5) is 0 Å². The molecular weight excluding hydrogens is 296 g/mol. The van der Waals surface area contributed by atoms with Crippen molar-refractivity contribution in [3.05, 3.63) is 47.5 Å². The Bertz CT molecular complexity index is 657. The zero-order valence-electron chi connectivity index (χ0n) is 13.1. The van der Waals surface area contributed by atoms with Gasteiger partial charge in [0.25, 0.3) is 5.91 Å². The van der Waals surface area contributed by atoms with Crippen molar-refractivity contribution in [2.45, 2.75) is 19.1 Å². The summed E-state index contributed by atoms with van der Waals surface area (Å²) in [5, 5.41) is 7.47. The van der Waals surface area contributed by atoms with Gasteiger partial charge in [-0.1, -0.05) is 0 Å². The molecule has 0 saturated heterocycles. The first kappa shape index (κ1) is 15.6. The highest BCUT2D eigenvalue weighted by Gasteiger charge is 2.25. The summed E-state index contributed by atoms with van der Waals surface area (Å²) in [5.41, 5.74) is 2.67. The molecule has 2 aromatic rings. The molecule has 0 aromatic carbocycles. The van der Waals surface area contributed by atoms with E-state index >= 15 is 0 Å². The van der Waals surface area contributed by atoms with Crippen LogP contribution < -0.4 is 5.32 Å². The SMILES string of the molecule is COCCn1cc2c(n1)[C@@H](CNC(=O)c1ccncc1)OCC2. The highest BCUT2D eigenvalue weighted by molar-refractivity contribution is 5.93. The predicted molar refractivity (Wildman–Crippen MR) is 83.1 cm³/mol. The number of aromatic nitrogens is 3. The molecule has 3 rings (SSSR count). The van der Waals surface area contributed by atoms with Crippen LogP contribution >= 0.6 is 0 Å². The number of ether oxygens (including phenoxy) is 2. The second kappa shape index (κ2) is 7.34. The third-order valence-electron chi connectivity index (χ3n) is 3.78.